The van der Waals surface area contributed by atoms with Crippen LogP contribution >= 0.6 is 11.6 Å². The number of carboxylic acids is 1. The summed E-state index contributed by atoms with van der Waals surface area (Å²) < 4.78 is 0. The van der Waals surface area contributed by atoms with E-state index < -0.39 is 18.0 Å². The molecule has 0 fully saturated rings. The van der Waals surface area contributed by atoms with Crippen molar-refractivity contribution in [2.45, 2.75) is 12.0 Å². The molecule has 0 heterocycles. The van der Waals surface area contributed by atoms with E-state index in [4.69, 9.17) is 11.6 Å². The second kappa shape index (κ2) is 6.94. The van der Waals surface area contributed by atoms with Crippen LogP contribution in [0.25, 0.3) is 0 Å². The maximum atomic E-state index is 11.4. The van der Waals surface area contributed by atoms with Crippen molar-refractivity contribution in [3.05, 3.63) is 70.7 Å². The number of benzene rings is 2. The average Bonchev–Trinajstić information content (AvgIpc) is 2.47. The minimum absolute atomic E-state index is 0.517. The molecule has 4 heteroatoms. The zero-order valence-corrected chi connectivity index (χ0v) is 11.8. The largest absolute Gasteiger partial charge is 0.481 e. The zero-order valence-electron chi connectivity index (χ0n) is 11.0. The van der Waals surface area contributed by atoms with Crippen molar-refractivity contribution >= 4 is 17.6 Å². The Labute approximate surface area is 127 Å². The molecule has 0 bridgehead atoms. The van der Waals surface area contributed by atoms with Crippen LogP contribution < -0.4 is 0 Å². The molecule has 0 unspecified atom stereocenters. The molecule has 106 valence electrons. The van der Waals surface area contributed by atoms with Gasteiger partial charge in [0.1, 0.15) is 12.0 Å². The van der Waals surface area contributed by atoms with Gasteiger partial charge in [0, 0.05) is 10.6 Å². The van der Waals surface area contributed by atoms with E-state index in [1.807, 2.05) is 0 Å². The Kier molecular flexibility index (Phi) is 4.99. The summed E-state index contributed by atoms with van der Waals surface area (Å²) in [7, 11) is 0. The Morgan fingerprint density at radius 3 is 2.24 bits per heavy atom. The molecule has 0 amide bonds. The van der Waals surface area contributed by atoms with Crippen LogP contribution in [0, 0.1) is 11.8 Å². The molecular weight excluding hydrogens is 288 g/mol. The Morgan fingerprint density at radius 1 is 1.05 bits per heavy atom. The van der Waals surface area contributed by atoms with Gasteiger partial charge < -0.3 is 10.2 Å². The summed E-state index contributed by atoms with van der Waals surface area (Å²) >= 11 is 5.77. The Balaban J connectivity index is 2.23. The maximum Gasteiger partial charge on any atom is 0.314 e. The predicted molar refractivity (Wildman–Crippen MR) is 81.2 cm³/mol. The van der Waals surface area contributed by atoms with E-state index in [9.17, 15) is 15.0 Å². The SMILES string of the molecule is O=C(O)[C@H](c1ccccc1)[C@H](O)C#Cc1ccc(Cl)cc1. The smallest absolute Gasteiger partial charge is 0.314 e. The summed E-state index contributed by atoms with van der Waals surface area (Å²) in [6.45, 7) is 0. The normalized spacial score (nSPS) is 12.9. The summed E-state index contributed by atoms with van der Waals surface area (Å²) in [6, 6.07) is 15.3. The van der Waals surface area contributed by atoms with E-state index >= 15 is 0 Å². The van der Waals surface area contributed by atoms with Crippen LogP contribution in [0.4, 0.5) is 0 Å². The lowest BCUT2D eigenvalue weighted by Gasteiger charge is -2.14. The number of hydrogen-bond acceptors (Lipinski definition) is 2. The zero-order chi connectivity index (χ0) is 15.2. The summed E-state index contributed by atoms with van der Waals surface area (Å²) in [4.78, 5) is 11.4. The van der Waals surface area contributed by atoms with Crippen molar-refractivity contribution in [2.24, 2.45) is 0 Å². The third kappa shape index (κ3) is 4.09. The van der Waals surface area contributed by atoms with Gasteiger partial charge in [-0.05, 0) is 29.8 Å². The number of hydrogen-bond donors (Lipinski definition) is 2. The van der Waals surface area contributed by atoms with Crippen molar-refractivity contribution in [3.8, 4) is 11.8 Å². The first kappa shape index (κ1) is 15.1. The first-order valence-corrected chi connectivity index (χ1v) is 6.68. The molecule has 0 aliphatic rings. The summed E-state index contributed by atoms with van der Waals surface area (Å²) in [5.74, 6) is 3.14. The van der Waals surface area contributed by atoms with Crippen LogP contribution in [0.2, 0.25) is 5.02 Å². The molecule has 2 aromatic carbocycles. The van der Waals surface area contributed by atoms with E-state index in [0.717, 1.165) is 0 Å². The second-order valence-electron chi connectivity index (χ2n) is 4.45. The van der Waals surface area contributed by atoms with Gasteiger partial charge in [-0.15, -0.1) is 0 Å². The predicted octanol–water partition coefficient (Wildman–Crippen LogP) is 2.92. The van der Waals surface area contributed by atoms with Crippen LogP contribution in [-0.4, -0.2) is 22.3 Å². The van der Waals surface area contributed by atoms with E-state index in [1.165, 1.54) is 0 Å². The van der Waals surface area contributed by atoms with Gasteiger partial charge in [0.15, 0.2) is 0 Å². The topological polar surface area (TPSA) is 57.5 Å². The maximum absolute atomic E-state index is 11.4. The van der Waals surface area contributed by atoms with Gasteiger partial charge in [-0.2, -0.15) is 0 Å². The van der Waals surface area contributed by atoms with E-state index in [2.05, 4.69) is 11.8 Å². The van der Waals surface area contributed by atoms with E-state index in [0.29, 0.717) is 16.1 Å². The number of aliphatic carboxylic acids is 1. The molecule has 0 aliphatic heterocycles. The monoisotopic (exact) mass is 300 g/mol. The fourth-order valence-electron chi connectivity index (χ4n) is 1.89. The molecule has 0 aliphatic carbocycles. The Hall–Kier alpha value is -2.28. The third-order valence-electron chi connectivity index (χ3n) is 2.95. The van der Waals surface area contributed by atoms with Gasteiger partial charge in [0.2, 0.25) is 0 Å². The van der Waals surface area contributed by atoms with Crippen LogP contribution in [0.1, 0.15) is 17.0 Å². The first-order chi connectivity index (χ1) is 10.1. The molecule has 2 atom stereocenters. The van der Waals surface area contributed by atoms with Crippen molar-refractivity contribution in [2.75, 3.05) is 0 Å². The third-order valence-corrected chi connectivity index (χ3v) is 3.20. The molecule has 0 spiro atoms. The highest BCUT2D eigenvalue weighted by Gasteiger charge is 2.26. The fraction of sp³-hybridized carbons (Fsp3) is 0.118. The van der Waals surface area contributed by atoms with Crippen molar-refractivity contribution in [1.29, 1.82) is 0 Å². The summed E-state index contributed by atoms with van der Waals surface area (Å²) in [5, 5.41) is 19.9. The van der Waals surface area contributed by atoms with E-state index in [-0.39, 0.29) is 0 Å². The van der Waals surface area contributed by atoms with Gasteiger partial charge in [-0.25, -0.2) is 0 Å². The molecule has 2 aromatic rings. The minimum atomic E-state index is -1.29. The number of carbonyl (C=O) groups is 1. The molecule has 0 aromatic heterocycles. The molecule has 0 saturated carbocycles. The first-order valence-electron chi connectivity index (χ1n) is 6.31. The van der Waals surface area contributed by atoms with Crippen LogP contribution in [0.3, 0.4) is 0 Å². The van der Waals surface area contributed by atoms with Crippen LogP contribution in [0.15, 0.2) is 54.6 Å². The lowest BCUT2D eigenvalue weighted by Crippen LogP contribution is -2.24. The highest BCUT2D eigenvalue weighted by atomic mass is 35.5. The van der Waals surface area contributed by atoms with Crippen molar-refractivity contribution in [1.82, 2.24) is 0 Å². The standard InChI is InChI=1S/C17H13ClO3/c18-14-9-6-12(7-10-14)8-11-15(19)16(17(20)21)13-4-2-1-3-5-13/h1-7,9-10,15-16,19H,(H,20,21)/t15-,16-/m1/s1. The van der Waals surface area contributed by atoms with Crippen LogP contribution in [-0.2, 0) is 4.79 Å². The molecule has 3 nitrogen and oxygen atoms in total. The molecule has 0 saturated heterocycles. The average molecular weight is 301 g/mol. The molecule has 2 rings (SSSR count). The lowest BCUT2D eigenvalue weighted by atomic mass is 9.93. The summed E-state index contributed by atoms with van der Waals surface area (Å²) in [5.41, 5.74) is 1.18. The molecule has 2 N–H and O–H groups in total. The highest BCUT2D eigenvalue weighted by Crippen LogP contribution is 2.20. The van der Waals surface area contributed by atoms with E-state index in [1.54, 1.807) is 54.6 Å². The number of carboxylic acid groups (broad SMARTS) is 1. The number of rotatable bonds is 3. The molecule has 21 heavy (non-hydrogen) atoms. The van der Waals surface area contributed by atoms with Crippen molar-refractivity contribution in [3.63, 3.8) is 0 Å². The van der Waals surface area contributed by atoms with Gasteiger partial charge in [0.05, 0.1) is 0 Å². The van der Waals surface area contributed by atoms with Gasteiger partial charge in [-0.3, -0.25) is 4.79 Å². The molecule has 0 radical (unpaired) electrons. The number of halogens is 1. The number of aliphatic hydroxyl groups is 1. The van der Waals surface area contributed by atoms with Crippen LogP contribution in [0.5, 0.6) is 0 Å². The summed E-state index contributed by atoms with van der Waals surface area (Å²) in [6.07, 6.45) is -1.29. The Morgan fingerprint density at radius 2 is 1.67 bits per heavy atom. The second-order valence-corrected chi connectivity index (χ2v) is 4.88. The fourth-order valence-corrected chi connectivity index (χ4v) is 2.02. The number of aliphatic hydroxyl groups excluding tert-OH is 1. The lowest BCUT2D eigenvalue weighted by molar-refractivity contribution is -0.140. The van der Waals surface area contributed by atoms with Gasteiger partial charge in [0.25, 0.3) is 0 Å². The molecular formula is C17H13ClO3. The quantitative estimate of drug-likeness (QED) is 0.857. The highest BCUT2D eigenvalue weighted by molar-refractivity contribution is 6.30. The van der Waals surface area contributed by atoms with Gasteiger partial charge in [-0.1, -0.05) is 53.8 Å². The van der Waals surface area contributed by atoms with Crippen molar-refractivity contribution < 1.29 is 15.0 Å². The minimum Gasteiger partial charge on any atom is -0.481 e. The Bertz CT molecular complexity index is 669. The van der Waals surface area contributed by atoms with Gasteiger partial charge >= 0.3 is 5.97 Å².